The van der Waals surface area contributed by atoms with Gasteiger partial charge in [-0.1, -0.05) is 33.6 Å². The topological polar surface area (TPSA) is 29.5 Å². The summed E-state index contributed by atoms with van der Waals surface area (Å²) in [5.74, 6) is 1.50. The maximum absolute atomic E-state index is 11.8. The first-order valence-corrected chi connectivity index (χ1v) is 8.01. The molecule has 0 aromatic heterocycles. The van der Waals surface area contributed by atoms with Crippen molar-refractivity contribution in [2.45, 2.75) is 65.8 Å². The number of nitrogens with zero attached hydrogens (tertiary/aromatic N) is 1. The van der Waals surface area contributed by atoms with E-state index in [0.717, 1.165) is 19.0 Å². The summed E-state index contributed by atoms with van der Waals surface area (Å²) in [4.78, 5) is 14.3. The summed E-state index contributed by atoms with van der Waals surface area (Å²) in [6.07, 6.45) is 5.72. The number of ether oxygens (including phenoxy) is 1. The highest BCUT2D eigenvalue weighted by molar-refractivity contribution is 5.70. The van der Waals surface area contributed by atoms with Crippen molar-refractivity contribution in [1.82, 2.24) is 4.90 Å². The molecule has 1 fully saturated rings. The van der Waals surface area contributed by atoms with E-state index in [1.807, 2.05) is 6.92 Å². The van der Waals surface area contributed by atoms with Crippen LogP contribution < -0.4 is 0 Å². The normalized spacial score (nSPS) is 25.3. The molecule has 0 aliphatic heterocycles. The van der Waals surface area contributed by atoms with Crippen LogP contribution in [0.1, 0.15) is 59.8 Å². The van der Waals surface area contributed by atoms with Gasteiger partial charge in [0.1, 0.15) is 0 Å². The molecule has 19 heavy (non-hydrogen) atoms. The molecule has 1 atom stereocenters. The van der Waals surface area contributed by atoms with Crippen LogP contribution >= 0.6 is 0 Å². The van der Waals surface area contributed by atoms with Crippen LogP contribution in [0.5, 0.6) is 0 Å². The van der Waals surface area contributed by atoms with Gasteiger partial charge >= 0.3 is 5.97 Å². The molecule has 0 amide bonds. The second-order valence-electron chi connectivity index (χ2n) is 5.82. The lowest BCUT2D eigenvalue weighted by Crippen LogP contribution is -2.43. The molecule has 1 aliphatic rings. The van der Waals surface area contributed by atoms with Crippen LogP contribution in [0, 0.1) is 11.8 Å². The van der Waals surface area contributed by atoms with Crippen molar-refractivity contribution in [2.75, 3.05) is 19.7 Å². The number of esters is 1. The van der Waals surface area contributed by atoms with E-state index in [2.05, 4.69) is 25.7 Å². The van der Waals surface area contributed by atoms with E-state index >= 15 is 0 Å². The Morgan fingerprint density at radius 2 is 1.74 bits per heavy atom. The molecule has 0 aromatic rings. The largest absolute Gasteiger partial charge is 0.466 e. The first-order chi connectivity index (χ1) is 9.12. The van der Waals surface area contributed by atoms with Crippen molar-refractivity contribution in [3.8, 4) is 0 Å². The monoisotopic (exact) mass is 269 g/mol. The quantitative estimate of drug-likeness (QED) is 0.663. The Balaban J connectivity index is 2.65. The molecule has 0 aromatic carbocycles. The van der Waals surface area contributed by atoms with Crippen molar-refractivity contribution >= 4 is 5.97 Å². The predicted octanol–water partition coefficient (Wildman–Crippen LogP) is 3.48. The number of rotatable bonds is 7. The summed E-state index contributed by atoms with van der Waals surface area (Å²) in [7, 11) is 0. The zero-order valence-corrected chi connectivity index (χ0v) is 13.2. The fourth-order valence-corrected chi connectivity index (χ4v) is 3.35. The van der Waals surface area contributed by atoms with Gasteiger partial charge in [0.2, 0.25) is 0 Å². The third kappa shape index (κ3) is 5.13. The van der Waals surface area contributed by atoms with Crippen molar-refractivity contribution in [2.24, 2.45) is 11.8 Å². The maximum Gasteiger partial charge on any atom is 0.307 e. The molecule has 0 saturated heterocycles. The van der Waals surface area contributed by atoms with E-state index < -0.39 is 0 Å². The average Bonchev–Trinajstić information content (AvgIpc) is 2.40. The van der Waals surface area contributed by atoms with Gasteiger partial charge in [0.05, 0.1) is 13.0 Å². The van der Waals surface area contributed by atoms with Crippen LogP contribution in [0.3, 0.4) is 0 Å². The Morgan fingerprint density at radius 3 is 2.21 bits per heavy atom. The van der Waals surface area contributed by atoms with Crippen molar-refractivity contribution in [3.63, 3.8) is 0 Å². The zero-order valence-electron chi connectivity index (χ0n) is 13.2. The Labute approximate surface area is 118 Å². The highest BCUT2D eigenvalue weighted by Gasteiger charge is 2.31. The van der Waals surface area contributed by atoms with Gasteiger partial charge in [-0.05, 0) is 44.7 Å². The van der Waals surface area contributed by atoms with Gasteiger partial charge in [0.15, 0.2) is 0 Å². The number of carbonyl (C=O) groups is 1. The molecule has 1 aliphatic carbocycles. The van der Waals surface area contributed by atoms with Crippen LogP contribution in [0.2, 0.25) is 0 Å². The van der Waals surface area contributed by atoms with Crippen LogP contribution in [0.25, 0.3) is 0 Å². The first-order valence-electron chi connectivity index (χ1n) is 8.01. The van der Waals surface area contributed by atoms with E-state index in [-0.39, 0.29) is 5.97 Å². The van der Waals surface area contributed by atoms with E-state index in [0.29, 0.717) is 25.0 Å². The molecule has 1 saturated carbocycles. The molecular weight excluding hydrogens is 238 g/mol. The van der Waals surface area contributed by atoms with Gasteiger partial charge in [0.25, 0.3) is 0 Å². The van der Waals surface area contributed by atoms with Crippen LogP contribution in [-0.2, 0) is 9.53 Å². The zero-order chi connectivity index (χ0) is 14.3. The molecule has 0 bridgehead atoms. The lowest BCUT2D eigenvalue weighted by molar-refractivity contribution is -0.145. The summed E-state index contributed by atoms with van der Waals surface area (Å²) >= 11 is 0. The Hall–Kier alpha value is -0.570. The fourth-order valence-electron chi connectivity index (χ4n) is 3.35. The lowest BCUT2D eigenvalue weighted by atomic mass is 9.78. The van der Waals surface area contributed by atoms with E-state index in [4.69, 9.17) is 4.74 Å². The predicted molar refractivity (Wildman–Crippen MR) is 79.1 cm³/mol. The minimum Gasteiger partial charge on any atom is -0.466 e. The van der Waals surface area contributed by atoms with Crippen molar-refractivity contribution in [3.05, 3.63) is 0 Å². The minimum atomic E-state index is -0.0296. The molecule has 0 radical (unpaired) electrons. The number of carbonyl (C=O) groups excluding carboxylic acids is 1. The molecular formula is C16H31NO2. The Morgan fingerprint density at radius 1 is 1.16 bits per heavy atom. The average molecular weight is 269 g/mol. The van der Waals surface area contributed by atoms with Gasteiger partial charge in [-0.3, -0.25) is 4.79 Å². The van der Waals surface area contributed by atoms with E-state index in [1.165, 1.54) is 25.7 Å². The van der Waals surface area contributed by atoms with Gasteiger partial charge in [-0.25, -0.2) is 0 Å². The highest BCUT2D eigenvalue weighted by Crippen LogP contribution is 2.33. The van der Waals surface area contributed by atoms with Crippen LogP contribution in [-0.4, -0.2) is 36.6 Å². The molecule has 3 nitrogen and oxygen atoms in total. The van der Waals surface area contributed by atoms with Gasteiger partial charge in [0, 0.05) is 6.04 Å². The van der Waals surface area contributed by atoms with Gasteiger partial charge in [-0.15, -0.1) is 0 Å². The lowest BCUT2D eigenvalue weighted by Gasteiger charge is -2.38. The second-order valence-corrected chi connectivity index (χ2v) is 5.82. The van der Waals surface area contributed by atoms with Crippen LogP contribution in [0.4, 0.5) is 0 Å². The molecule has 0 heterocycles. The van der Waals surface area contributed by atoms with Gasteiger partial charge < -0.3 is 9.64 Å². The third-order valence-corrected chi connectivity index (χ3v) is 4.57. The summed E-state index contributed by atoms with van der Waals surface area (Å²) < 4.78 is 5.16. The van der Waals surface area contributed by atoms with Crippen molar-refractivity contribution < 1.29 is 9.53 Å². The SMILES string of the molecule is CCOC(=O)CC(C1CCC(C)CC1)N(CC)CC. The second kappa shape index (κ2) is 8.57. The molecule has 1 rings (SSSR count). The highest BCUT2D eigenvalue weighted by atomic mass is 16.5. The Kier molecular flexibility index (Phi) is 7.44. The number of hydrogen-bond acceptors (Lipinski definition) is 3. The molecule has 3 heteroatoms. The van der Waals surface area contributed by atoms with Gasteiger partial charge in [-0.2, -0.15) is 0 Å². The fraction of sp³-hybridized carbons (Fsp3) is 0.938. The molecule has 1 unspecified atom stereocenters. The summed E-state index contributed by atoms with van der Waals surface area (Å²) in [5.41, 5.74) is 0. The smallest absolute Gasteiger partial charge is 0.307 e. The molecule has 0 N–H and O–H groups in total. The minimum absolute atomic E-state index is 0.0296. The summed E-state index contributed by atoms with van der Waals surface area (Å²) in [5, 5.41) is 0. The number of hydrogen-bond donors (Lipinski definition) is 0. The molecule has 112 valence electrons. The first kappa shape index (κ1) is 16.5. The van der Waals surface area contributed by atoms with E-state index in [1.54, 1.807) is 0 Å². The third-order valence-electron chi connectivity index (χ3n) is 4.57. The Bertz CT molecular complexity index is 255. The standard InChI is InChI=1S/C16H31NO2/c1-5-17(6-2)15(12-16(18)19-7-3)14-10-8-13(4)9-11-14/h13-15H,5-12H2,1-4H3. The molecule has 0 spiro atoms. The van der Waals surface area contributed by atoms with Crippen LogP contribution in [0.15, 0.2) is 0 Å². The van der Waals surface area contributed by atoms with E-state index in [9.17, 15) is 4.79 Å². The van der Waals surface area contributed by atoms with Crippen molar-refractivity contribution in [1.29, 1.82) is 0 Å². The summed E-state index contributed by atoms with van der Waals surface area (Å²) in [6.45, 7) is 11.1. The summed E-state index contributed by atoms with van der Waals surface area (Å²) in [6, 6.07) is 0.376. The maximum atomic E-state index is 11.8.